The van der Waals surface area contributed by atoms with Crippen molar-refractivity contribution >= 4 is 17.0 Å². The van der Waals surface area contributed by atoms with Crippen LogP contribution in [0.4, 0.5) is 4.39 Å². The molecule has 0 amide bonds. The van der Waals surface area contributed by atoms with E-state index in [1.807, 2.05) is 0 Å². The number of imidazole rings is 1. The summed E-state index contributed by atoms with van der Waals surface area (Å²) in [5.74, 6) is -1.03. The van der Waals surface area contributed by atoms with E-state index in [-0.39, 0.29) is 11.3 Å². The largest absolute Gasteiger partial charge is 0.478 e. The summed E-state index contributed by atoms with van der Waals surface area (Å²) >= 11 is 0. The monoisotopic (exact) mass is 323 g/mol. The Kier molecular flexibility index (Phi) is 3.09. The van der Waals surface area contributed by atoms with Crippen LogP contribution in [0.2, 0.25) is 0 Å². The Morgan fingerprint density at radius 3 is 2.79 bits per heavy atom. The van der Waals surface area contributed by atoms with E-state index in [1.165, 1.54) is 35.5 Å². The zero-order valence-corrected chi connectivity index (χ0v) is 12.1. The average molecular weight is 323 g/mol. The molecule has 118 valence electrons. The molecule has 2 heterocycles. The molecule has 0 aliphatic carbocycles. The molecule has 0 aliphatic heterocycles. The lowest BCUT2D eigenvalue weighted by atomic mass is 10.2. The summed E-state index contributed by atoms with van der Waals surface area (Å²) in [7, 11) is 0. The molecule has 0 saturated heterocycles. The van der Waals surface area contributed by atoms with Crippen LogP contribution >= 0.6 is 0 Å². The fourth-order valence-corrected chi connectivity index (χ4v) is 2.45. The lowest BCUT2D eigenvalue weighted by Crippen LogP contribution is -1.98. The van der Waals surface area contributed by atoms with Crippen molar-refractivity contribution in [1.82, 2.24) is 24.7 Å². The Balaban J connectivity index is 1.77. The molecule has 0 unspecified atom stereocenters. The molecule has 0 radical (unpaired) electrons. The Bertz CT molecular complexity index is 1060. The van der Waals surface area contributed by atoms with E-state index < -0.39 is 11.8 Å². The third-order valence-corrected chi connectivity index (χ3v) is 3.62. The molecule has 0 atom stereocenters. The molecule has 8 heteroatoms. The van der Waals surface area contributed by atoms with Crippen molar-refractivity contribution in [3.8, 4) is 17.1 Å². The van der Waals surface area contributed by atoms with Crippen molar-refractivity contribution in [2.75, 3.05) is 0 Å². The zero-order chi connectivity index (χ0) is 16.7. The van der Waals surface area contributed by atoms with Crippen molar-refractivity contribution in [1.29, 1.82) is 0 Å². The van der Waals surface area contributed by atoms with E-state index in [0.717, 1.165) is 0 Å². The lowest BCUT2D eigenvalue weighted by molar-refractivity contribution is 0.0697. The second kappa shape index (κ2) is 5.27. The van der Waals surface area contributed by atoms with Gasteiger partial charge in [0.2, 0.25) is 0 Å². The van der Waals surface area contributed by atoms with Gasteiger partial charge < -0.3 is 10.1 Å². The van der Waals surface area contributed by atoms with Crippen LogP contribution in [0.25, 0.3) is 28.1 Å². The van der Waals surface area contributed by atoms with Crippen LogP contribution < -0.4 is 0 Å². The van der Waals surface area contributed by atoms with E-state index >= 15 is 0 Å². The van der Waals surface area contributed by atoms with Gasteiger partial charge in [0, 0.05) is 5.56 Å². The number of aromatic amines is 1. The number of aromatic nitrogens is 5. The Morgan fingerprint density at radius 2 is 2.08 bits per heavy atom. The minimum Gasteiger partial charge on any atom is -0.478 e. The van der Waals surface area contributed by atoms with E-state index in [2.05, 4.69) is 20.1 Å². The average Bonchev–Trinajstić information content (AvgIpc) is 3.23. The normalized spacial score (nSPS) is 11.0. The minimum absolute atomic E-state index is 0.158. The highest BCUT2D eigenvalue weighted by Crippen LogP contribution is 2.24. The smallest absolute Gasteiger partial charge is 0.335 e. The van der Waals surface area contributed by atoms with Gasteiger partial charge in [-0.25, -0.2) is 23.8 Å². The quantitative estimate of drug-likeness (QED) is 0.604. The van der Waals surface area contributed by atoms with Crippen molar-refractivity contribution in [2.45, 2.75) is 0 Å². The molecule has 0 fully saturated rings. The first kappa shape index (κ1) is 14.1. The summed E-state index contributed by atoms with van der Waals surface area (Å²) in [5.41, 5.74) is 2.16. The number of hydrogen-bond donors (Lipinski definition) is 2. The van der Waals surface area contributed by atoms with E-state index in [4.69, 9.17) is 5.11 Å². The molecule has 7 nitrogen and oxygen atoms in total. The Morgan fingerprint density at radius 1 is 1.21 bits per heavy atom. The number of carboxylic acid groups (broad SMARTS) is 1. The van der Waals surface area contributed by atoms with Gasteiger partial charge >= 0.3 is 5.97 Å². The molecule has 4 rings (SSSR count). The molecule has 2 aromatic carbocycles. The molecule has 24 heavy (non-hydrogen) atoms. The van der Waals surface area contributed by atoms with Gasteiger partial charge in [0.15, 0.2) is 0 Å². The molecular weight excluding hydrogens is 313 g/mol. The van der Waals surface area contributed by atoms with Crippen LogP contribution in [0, 0.1) is 5.82 Å². The maximum absolute atomic E-state index is 14.3. The number of nitrogens with zero attached hydrogens (tertiary/aromatic N) is 4. The lowest BCUT2D eigenvalue weighted by Gasteiger charge is -2.04. The molecular formula is C16H10FN5O2. The second-order valence-corrected chi connectivity index (χ2v) is 5.13. The van der Waals surface area contributed by atoms with Crippen LogP contribution in [-0.2, 0) is 0 Å². The number of carbonyl (C=O) groups is 1. The summed E-state index contributed by atoms with van der Waals surface area (Å²) in [6, 6.07) is 9.20. The highest BCUT2D eigenvalue weighted by molar-refractivity contribution is 5.93. The third-order valence-electron chi connectivity index (χ3n) is 3.62. The van der Waals surface area contributed by atoms with E-state index in [1.54, 1.807) is 18.2 Å². The van der Waals surface area contributed by atoms with Gasteiger partial charge in [-0.3, -0.25) is 0 Å². The highest BCUT2D eigenvalue weighted by Gasteiger charge is 2.12. The van der Waals surface area contributed by atoms with Crippen molar-refractivity contribution < 1.29 is 14.3 Å². The number of rotatable bonds is 3. The number of aromatic carboxylic acids is 1. The van der Waals surface area contributed by atoms with Crippen molar-refractivity contribution in [3.05, 3.63) is 60.4 Å². The van der Waals surface area contributed by atoms with Crippen LogP contribution in [0.1, 0.15) is 10.4 Å². The fraction of sp³-hybridized carbons (Fsp3) is 0. The number of carboxylic acids is 1. The van der Waals surface area contributed by atoms with Gasteiger partial charge in [0.1, 0.15) is 30.0 Å². The zero-order valence-electron chi connectivity index (χ0n) is 12.1. The molecule has 2 N–H and O–H groups in total. The highest BCUT2D eigenvalue weighted by atomic mass is 19.1. The molecule has 0 spiro atoms. The van der Waals surface area contributed by atoms with Gasteiger partial charge in [-0.15, -0.1) is 0 Å². The number of benzene rings is 2. The third kappa shape index (κ3) is 2.30. The van der Waals surface area contributed by atoms with Crippen molar-refractivity contribution in [2.24, 2.45) is 0 Å². The summed E-state index contributed by atoms with van der Waals surface area (Å²) in [5, 5.41) is 12.9. The maximum Gasteiger partial charge on any atom is 0.335 e. The van der Waals surface area contributed by atoms with Crippen molar-refractivity contribution in [3.63, 3.8) is 0 Å². The van der Waals surface area contributed by atoms with E-state index in [0.29, 0.717) is 22.4 Å². The van der Waals surface area contributed by atoms with Gasteiger partial charge in [-0.1, -0.05) is 0 Å². The first-order valence-corrected chi connectivity index (χ1v) is 7.00. The topological polar surface area (TPSA) is 96.7 Å². The fourth-order valence-electron chi connectivity index (χ4n) is 2.45. The summed E-state index contributed by atoms with van der Waals surface area (Å²) < 4.78 is 15.6. The number of H-pyrrole nitrogens is 1. The standard InChI is InChI=1S/C16H10FN5O2/c17-11-5-9(2-4-14(11)22-8-18-7-19-22)15-20-12-3-1-10(16(23)24)6-13(12)21-15/h1-8H,(H,20,21)(H,23,24). The molecule has 2 aromatic heterocycles. The molecule has 0 bridgehead atoms. The van der Waals surface area contributed by atoms with Crippen LogP contribution in [-0.4, -0.2) is 35.8 Å². The van der Waals surface area contributed by atoms with Crippen LogP contribution in [0.3, 0.4) is 0 Å². The number of halogens is 1. The number of nitrogens with one attached hydrogen (secondary N) is 1. The first-order chi connectivity index (χ1) is 11.6. The summed E-state index contributed by atoms with van der Waals surface area (Å²) in [6.07, 6.45) is 2.74. The Hall–Kier alpha value is -3.55. The van der Waals surface area contributed by atoms with E-state index in [9.17, 15) is 9.18 Å². The summed E-state index contributed by atoms with van der Waals surface area (Å²) in [6.45, 7) is 0. The molecule has 4 aromatic rings. The van der Waals surface area contributed by atoms with Gasteiger partial charge in [0.25, 0.3) is 0 Å². The minimum atomic E-state index is -1.02. The SMILES string of the molecule is O=C(O)c1ccc2nc(-c3ccc(-n4cncn4)c(F)c3)[nH]c2c1. The second-order valence-electron chi connectivity index (χ2n) is 5.13. The van der Waals surface area contributed by atoms with Crippen LogP contribution in [0.15, 0.2) is 49.1 Å². The predicted octanol–water partition coefficient (Wildman–Crippen LogP) is 2.65. The maximum atomic E-state index is 14.3. The summed E-state index contributed by atoms with van der Waals surface area (Å²) in [4.78, 5) is 22.2. The Labute approximate surface area is 134 Å². The molecule has 0 aliphatic rings. The number of fused-ring (bicyclic) bond motifs is 1. The van der Waals surface area contributed by atoms with Gasteiger partial charge in [-0.05, 0) is 36.4 Å². The predicted molar refractivity (Wildman–Crippen MR) is 83.4 cm³/mol. The first-order valence-electron chi connectivity index (χ1n) is 7.00. The number of hydrogen-bond acceptors (Lipinski definition) is 4. The van der Waals surface area contributed by atoms with Crippen LogP contribution in [0.5, 0.6) is 0 Å². The van der Waals surface area contributed by atoms with Gasteiger partial charge in [0.05, 0.1) is 16.6 Å². The molecule has 0 saturated carbocycles. The van der Waals surface area contributed by atoms with Gasteiger partial charge in [-0.2, -0.15) is 5.10 Å².